The molecule has 0 unspecified atom stereocenters. The number of aromatic nitrogens is 3. The molecule has 33 heavy (non-hydrogen) atoms. The number of nitrogens with zero attached hydrogens (tertiary/aromatic N) is 3. The molecule has 0 radical (unpaired) electrons. The van der Waals surface area contributed by atoms with Crippen LogP contribution < -0.4 is 10.3 Å². The minimum atomic E-state index is -0.628. The number of carbonyl (C=O) groups is 2. The van der Waals surface area contributed by atoms with Crippen molar-refractivity contribution in [1.82, 2.24) is 14.3 Å². The summed E-state index contributed by atoms with van der Waals surface area (Å²) in [6.07, 6.45) is 3.13. The van der Waals surface area contributed by atoms with E-state index < -0.39 is 17.5 Å². The van der Waals surface area contributed by atoms with Crippen molar-refractivity contribution < 1.29 is 23.8 Å². The summed E-state index contributed by atoms with van der Waals surface area (Å²) in [5, 5.41) is 4.39. The molecule has 2 aromatic carbocycles. The Morgan fingerprint density at radius 3 is 2.18 bits per heavy atom. The van der Waals surface area contributed by atoms with E-state index in [4.69, 9.17) is 14.2 Å². The van der Waals surface area contributed by atoms with Crippen molar-refractivity contribution in [2.24, 2.45) is 0 Å². The minimum absolute atomic E-state index is 0.133. The van der Waals surface area contributed by atoms with Crippen LogP contribution in [-0.4, -0.2) is 47.1 Å². The molecule has 9 heteroatoms. The van der Waals surface area contributed by atoms with E-state index in [1.807, 2.05) is 0 Å². The molecule has 0 aromatic heterocycles. The largest absolute Gasteiger partial charge is 0.497 e. The van der Waals surface area contributed by atoms with Crippen LogP contribution in [-0.2, 0) is 9.47 Å². The third-order valence-corrected chi connectivity index (χ3v) is 5.07. The van der Waals surface area contributed by atoms with Gasteiger partial charge in [-0.3, -0.25) is 4.79 Å². The van der Waals surface area contributed by atoms with Gasteiger partial charge in [0, 0.05) is 18.1 Å². The van der Waals surface area contributed by atoms with Gasteiger partial charge in [-0.15, -0.1) is 0 Å². The molecule has 168 valence electrons. The van der Waals surface area contributed by atoms with Crippen LogP contribution >= 0.6 is 0 Å². The second kappa shape index (κ2) is 8.99. The average molecular weight is 447 g/mol. The molecular weight excluding hydrogens is 426 g/mol. The highest BCUT2D eigenvalue weighted by Gasteiger charge is 2.25. The van der Waals surface area contributed by atoms with Gasteiger partial charge in [0.05, 0.1) is 37.6 Å². The molecule has 0 atom stereocenters. The molecule has 0 saturated heterocycles. The van der Waals surface area contributed by atoms with Crippen LogP contribution in [0.3, 0.4) is 0 Å². The quantitative estimate of drug-likeness (QED) is 0.419. The van der Waals surface area contributed by atoms with Crippen molar-refractivity contribution in [2.45, 2.75) is 6.92 Å². The molecule has 2 aliphatic heterocycles. The fraction of sp³-hybridized carbons (Fsp3) is 0.167. The average Bonchev–Trinajstić information content (AvgIpc) is 3.19. The van der Waals surface area contributed by atoms with Gasteiger partial charge in [0.1, 0.15) is 17.0 Å². The van der Waals surface area contributed by atoms with E-state index in [0.29, 0.717) is 22.7 Å². The number of hydrogen-bond donors (Lipinski definition) is 0. The predicted octanol–water partition coefficient (Wildman–Crippen LogP) is 3.10. The van der Waals surface area contributed by atoms with Crippen molar-refractivity contribution in [1.29, 1.82) is 0 Å². The van der Waals surface area contributed by atoms with Gasteiger partial charge >= 0.3 is 11.9 Å². The molecule has 0 spiro atoms. The normalized spacial score (nSPS) is 10.8. The maximum absolute atomic E-state index is 13.2. The third-order valence-electron chi connectivity index (χ3n) is 5.07. The highest BCUT2D eigenvalue weighted by atomic mass is 16.5. The Labute approximate surface area is 189 Å². The second-order valence-corrected chi connectivity index (χ2v) is 7.02. The fourth-order valence-electron chi connectivity index (χ4n) is 3.40. The van der Waals surface area contributed by atoms with Crippen LogP contribution in [0.4, 0.5) is 0 Å². The summed E-state index contributed by atoms with van der Waals surface area (Å²) in [5.41, 5.74) is 1.76. The topological polar surface area (TPSA) is 102 Å². The first-order valence-electron chi connectivity index (χ1n) is 10.1. The predicted molar refractivity (Wildman–Crippen MR) is 120 cm³/mol. The Morgan fingerprint density at radius 1 is 0.909 bits per heavy atom. The van der Waals surface area contributed by atoms with E-state index in [1.54, 1.807) is 79.5 Å². The lowest BCUT2D eigenvalue weighted by atomic mass is 10.1. The van der Waals surface area contributed by atoms with E-state index in [0.717, 1.165) is 0 Å². The number of hydrogen-bond acceptors (Lipinski definition) is 7. The first-order valence-corrected chi connectivity index (χ1v) is 10.1. The number of methoxy groups -OCH3 is 2. The van der Waals surface area contributed by atoms with Gasteiger partial charge < -0.3 is 18.8 Å². The van der Waals surface area contributed by atoms with Crippen molar-refractivity contribution in [2.75, 3.05) is 20.8 Å². The monoisotopic (exact) mass is 447 g/mol. The molecule has 2 heterocycles. The number of fused-ring (bicyclic) bond motifs is 1. The van der Waals surface area contributed by atoms with Crippen molar-refractivity contribution in [3.8, 4) is 28.4 Å². The second-order valence-electron chi connectivity index (χ2n) is 7.02. The molecule has 0 fully saturated rings. The van der Waals surface area contributed by atoms with Gasteiger partial charge in [-0.25, -0.2) is 9.59 Å². The number of benzene rings is 2. The fourth-order valence-corrected chi connectivity index (χ4v) is 3.40. The van der Waals surface area contributed by atoms with Crippen LogP contribution in [0, 0.1) is 0 Å². The van der Waals surface area contributed by atoms with Gasteiger partial charge in [-0.2, -0.15) is 9.78 Å². The lowest BCUT2D eigenvalue weighted by molar-refractivity contribution is 0.0525. The zero-order chi connectivity index (χ0) is 23.5. The van der Waals surface area contributed by atoms with Crippen LogP contribution in [0.25, 0.3) is 22.6 Å². The maximum Gasteiger partial charge on any atom is 0.341 e. The zero-order valence-corrected chi connectivity index (χ0v) is 18.3. The van der Waals surface area contributed by atoms with E-state index in [9.17, 15) is 14.4 Å². The molecule has 0 amide bonds. The first-order chi connectivity index (χ1) is 16.0. The highest BCUT2D eigenvalue weighted by Crippen LogP contribution is 2.25. The Balaban J connectivity index is 1.84. The summed E-state index contributed by atoms with van der Waals surface area (Å²) >= 11 is 0. The molecule has 2 aromatic rings. The van der Waals surface area contributed by atoms with Gasteiger partial charge in [0.25, 0.3) is 5.56 Å². The summed E-state index contributed by atoms with van der Waals surface area (Å²) in [6.45, 7) is 2.01. The Kier molecular flexibility index (Phi) is 5.95. The summed E-state index contributed by atoms with van der Waals surface area (Å²) in [4.78, 5) is 37.6. The van der Waals surface area contributed by atoms with Crippen LogP contribution in [0.1, 0.15) is 27.6 Å². The van der Waals surface area contributed by atoms with Crippen LogP contribution in [0.5, 0.6) is 5.75 Å². The lowest BCUT2D eigenvalue weighted by Gasteiger charge is -2.12. The number of carbonyl (C=O) groups excluding carboxylic acids is 2. The standard InChI is InChI=1S/C24H21N3O6/c1-4-33-23(29)15-5-7-16(8-6-15)26-13-19-21(20(14-26)24(30)32-3)25-27(22(19)28)17-9-11-18(31-2)12-10-17/h5-14H,4H2,1-3H3. The SMILES string of the molecule is CCOC(=O)c1ccc(-n2cc(C(=O)OC)c3nn(-c4ccc(OC)cc4)c(=O)c-3c2)cc1. The minimum Gasteiger partial charge on any atom is -0.497 e. The summed E-state index contributed by atoms with van der Waals surface area (Å²) in [6, 6.07) is 13.4. The number of pyridine rings is 1. The van der Waals surface area contributed by atoms with Gasteiger partial charge in [0.2, 0.25) is 0 Å². The van der Waals surface area contributed by atoms with Gasteiger partial charge in [-0.1, -0.05) is 0 Å². The summed E-state index contributed by atoms with van der Waals surface area (Å²) in [5.74, 6) is -0.415. The molecule has 0 aliphatic carbocycles. The number of esters is 2. The molecule has 9 nitrogen and oxygen atoms in total. The first kappa shape index (κ1) is 21.8. The lowest BCUT2D eigenvalue weighted by Crippen LogP contribution is -2.15. The molecule has 2 aliphatic rings. The van der Waals surface area contributed by atoms with E-state index in [1.165, 1.54) is 11.8 Å². The Morgan fingerprint density at radius 2 is 1.58 bits per heavy atom. The van der Waals surface area contributed by atoms with E-state index >= 15 is 0 Å². The summed E-state index contributed by atoms with van der Waals surface area (Å²) < 4.78 is 17.9. The van der Waals surface area contributed by atoms with E-state index in [-0.39, 0.29) is 23.4 Å². The maximum atomic E-state index is 13.2. The number of rotatable bonds is 6. The van der Waals surface area contributed by atoms with Crippen molar-refractivity contribution in [3.63, 3.8) is 0 Å². The summed E-state index contributed by atoms with van der Waals surface area (Å²) in [7, 11) is 2.81. The Bertz CT molecular complexity index is 1340. The molecule has 4 rings (SSSR count). The van der Waals surface area contributed by atoms with Crippen LogP contribution in [0.15, 0.2) is 65.7 Å². The molecule has 0 N–H and O–H groups in total. The molecule has 0 bridgehead atoms. The third kappa shape index (κ3) is 4.08. The van der Waals surface area contributed by atoms with Gasteiger partial charge in [-0.05, 0) is 55.5 Å². The number of ether oxygens (including phenoxy) is 3. The molecular formula is C24H21N3O6. The van der Waals surface area contributed by atoms with Crippen molar-refractivity contribution >= 4 is 11.9 Å². The molecule has 0 saturated carbocycles. The van der Waals surface area contributed by atoms with Crippen LogP contribution in [0.2, 0.25) is 0 Å². The Hall–Kier alpha value is -4.40. The van der Waals surface area contributed by atoms with Crippen molar-refractivity contribution in [3.05, 3.63) is 82.4 Å². The van der Waals surface area contributed by atoms with Gasteiger partial charge in [0.15, 0.2) is 0 Å². The highest BCUT2D eigenvalue weighted by molar-refractivity contribution is 5.96. The smallest absolute Gasteiger partial charge is 0.341 e. The van der Waals surface area contributed by atoms with E-state index in [2.05, 4.69) is 5.10 Å². The zero-order valence-electron chi connectivity index (χ0n) is 18.3.